The van der Waals surface area contributed by atoms with Crippen molar-refractivity contribution in [2.75, 3.05) is 82.1 Å². The smallest absolute Gasteiger partial charge is 0.410 e. The molecular formula is C105H126N14O19. The van der Waals surface area contributed by atoms with Crippen LogP contribution < -0.4 is 30.7 Å². The molecule has 10 aromatic rings. The molecule has 0 aliphatic carbocycles. The summed E-state index contributed by atoms with van der Waals surface area (Å²) in [5.41, 5.74) is 19.9. The number of imidazole rings is 2. The number of nitrogens with one attached hydrogen (secondary N) is 6. The maximum absolute atomic E-state index is 14.1. The fraction of sp³-hybridized carbons (Fsp3) is 0.438. The highest BCUT2D eigenvalue weighted by atomic mass is 16.6. The summed E-state index contributed by atoms with van der Waals surface area (Å²) in [4.78, 5) is 147. The first kappa shape index (κ1) is 97.1. The van der Waals surface area contributed by atoms with E-state index < -0.39 is 60.1 Å². The molecule has 4 fully saturated rings. The summed E-state index contributed by atoms with van der Waals surface area (Å²) < 4.78 is 48.5. The topological polar surface area (TPSA) is 400 Å². The highest BCUT2D eigenvalue weighted by Gasteiger charge is 2.46. The molecule has 730 valence electrons. The van der Waals surface area contributed by atoms with Gasteiger partial charge in [0.15, 0.2) is 6.04 Å². The number of hydrogen-bond acceptors (Lipinski definition) is 22. The van der Waals surface area contributed by atoms with Gasteiger partial charge in [-0.1, -0.05) is 96.7 Å². The Morgan fingerprint density at radius 2 is 0.884 bits per heavy atom. The maximum atomic E-state index is 14.1. The van der Waals surface area contributed by atoms with E-state index >= 15 is 0 Å². The number of aliphatic carboxylic acids is 1. The van der Waals surface area contributed by atoms with Crippen molar-refractivity contribution in [1.29, 1.82) is 0 Å². The molecule has 0 bridgehead atoms. The van der Waals surface area contributed by atoms with E-state index in [0.29, 0.717) is 71.0 Å². The molecule has 138 heavy (non-hydrogen) atoms. The third kappa shape index (κ3) is 20.3. The van der Waals surface area contributed by atoms with Gasteiger partial charge in [-0.15, -0.1) is 0 Å². The summed E-state index contributed by atoms with van der Waals surface area (Å²) in [5.74, 6) is 1.54. The summed E-state index contributed by atoms with van der Waals surface area (Å²) in [6, 6.07) is 38.6. The lowest BCUT2D eigenvalue weighted by atomic mass is 9.90. The van der Waals surface area contributed by atoms with Crippen molar-refractivity contribution in [3.8, 4) is 56.0 Å². The zero-order valence-corrected chi connectivity index (χ0v) is 80.9. The summed E-state index contributed by atoms with van der Waals surface area (Å²) in [6.07, 6.45) is 3.03. The maximum Gasteiger partial charge on any atom is 0.410 e. The molecule has 7 N–H and O–H groups in total. The van der Waals surface area contributed by atoms with E-state index in [2.05, 4.69) is 152 Å². The molecule has 0 radical (unpaired) electrons. The SMILES string of the molecule is C=C(C)[C@H](NC(=O)OC)C(=O)O.COC[C@H]1C[C@@H](C2=Nc3ccc4cc5c(cc4c3C2)OCc2cc(-c3ccc4nc([C@@H]6CCCN6C(=O)[C@@H](NC(=O)OC)C(C)C)[nH]c4c3)ccc2-5)N(C(=O)OC(C)(C)C)C1.COC[C@H]1C[C@@H](C2=Nc3ccc4cc5c(cc4c3C2)OCc2cc(-c3ccc4nc([C@@H]6CCCN6C(=O)[C@@H](NC(=O)OC)C(C)C)[nH]c4c3)ccc2-5)N(C(=O)[C@@H](NC(=O)OC)C(C)C)C1.[HH].[HH]. The molecular weight excluding hydrogens is 1760 g/mol. The molecule has 10 atom stereocenters. The van der Waals surface area contributed by atoms with E-state index in [1.807, 2.05) is 94.0 Å². The Morgan fingerprint density at radius 1 is 0.493 bits per heavy atom. The first-order chi connectivity index (χ1) is 66.1. The molecule has 8 amide bonds. The normalized spacial score (nSPS) is 19.1. The van der Waals surface area contributed by atoms with E-state index in [0.717, 1.165) is 202 Å². The van der Waals surface area contributed by atoms with Crippen LogP contribution in [-0.2, 0) is 78.4 Å². The number of carboxylic acid groups (broad SMARTS) is 1. The number of carbonyl (C=O) groups excluding carboxylic acids is 8. The highest BCUT2D eigenvalue weighted by molar-refractivity contribution is 6.09. The highest BCUT2D eigenvalue weighted by Crippen LogP contribution is 2.49. The summed E-state index contributed by atoms with van der Waals surface area (Å²) in [5, 5.41) is 23.2. The van der Waals surface area contributed by atoms with Crippen molar-refractivity contribution in [2.45, 2.75) is 188 Å². The van der Waals surface area contributed by atoms with Crippen LogP contribution >= 0.6 is 0 Å². The predicted octanol–water partition coefficient (Wildman–Crippen LogP) is 17.6. The van der Waals surface area contributed by atoms with Gasteiger partial charge in [0.2, 0.25) is 17.7 Å². The van der Waals surface area contributed by atoms with Crippen LogP contribution in [0.25, 0.3) is 88.1 Å². The van der Waals surface area contributed by atoms with E-state index in [9.17, 15) is 43.2 Å². The number of benzene rings is 8. The van der Waals surface area contributed by atoms with E-state index in [-0.39, 0.29) is 80.4 Å². The van der Waals surface area contributed by atoms with Crippen molar-refractivity contribution in [1.82, 2.24) is 60.8 Å². The van der Waals surface area contributed by atoms with Gasteiger partial charge >= 0.3 is 36.4 Å². The summed E-state index contributed by atoms with van der Waals surface area (Å²) >= 11 is 0. The number of aromatic amines is 2. The lowest BCUT2D eigenvalue weighted by Gasteiger charge is -2.31. The molecule has 4 saturated heterocycles. The Hall–Kier alpha value is -14.0. The Morgan fingerprint density at radius 3 is 1.28 bits per heavy atom. The molecule has 0 unspecified atom stereocenters. The van der Waals surface area contributed by atoms with Crippen LogP contribution in [0.1, 0.15) is 157 Å². The van der Waals surface area contributed by atoms with Crippen LogP contribution in [0, 0.1) is 29.6 Å². The quantitative estimate of drug-likeness (QED) is 0.0245. The largest absolute Gasteiger partial charge is 0.488 e. The van der Waals surface area contributed by atoms with Gasteiger partial charge in [0.1, 0.15) is 60.1 Å². The molecule has 10 heterocycles. The monoisotopic (exact) mass is 1890 g/mol. The summed E-state index contributed by atoms with van der Waals surface area (Å²) in [7, 11) is 8.43. The lowest BCUT2D eigenvalue weighted by Crippen LogP contribution is -2.53. The molecule has 0 spiro atoms. The van der Waals surface area contributed by atoms with Gasteiger partial charge in [-0.25, -0.2) is 38.7 Å². The predicted molar refractivity (Wildman–Crippen MR) is 527 cm³/mol. The fourth-order valence-electron chi connectivity index (χ4n) is 20.3. The molecule has 33 heteroatoms. The number of H-pyrrole nitrogens is 2. The minimum atomic E-state index is -1.16. The number of likely N-dealkylation sites (tertiary alicyclic amines) is 4. The van der Waals surface area contributed by atoms with Gasteiger partial charge in [0, 0.05) is 90.5 Å². The molecule has 0 saturated carbocycles. The Labute approximate surface area is 803 Å². The van der Waals surface area contributed by atoms with Gasteiger partial charge in [-0.2, -0.15) is 0 Å². The molecule has 18 rings (SSSR count). The Bertz CT molecular complexity index is 6510. The number of hydrogen-bond donors (Lipinski definition) is 7. The minimum absolute atomic E-state index is 0. The first-order valence-corrected chi connectivity index (χ1v) is 47.1. The zero-order valence-electron chi connectivity index (χ0n) is 80.9. The third-order valence-corrected chi connectivity index (χ3v) is 27.2. The van der Waals surface area contributed by atoms with Gasteiger partial charge in [0.25, 0.3) is 0 Å². The molecule has 2 aromatic heterocycles. The number of aromatic nitrogens is 4. The van der Waals surface area contributed by atoms with Gasteiger partial charge < -0.3 is 93.7 Å². The molecule has 8 aromatic carbocycles. The first-order valence-electron chi connectivity index (χ1n) is 47.1. The van der Waals surface area contributed by atoms with Crippen LogP contribution in [0.3, 0.4) is 0 Å². The number of carbonyl (C=O) groups is 9. The average Bonchev–Trinajstić information content (AvgIpc) is 1.60. The van der Waals surface area contributed by atoms with Crippen molar-refractivity contribution < 1.29 is 93.7 Å². The van der Waals surface area contributed by atoms with Crippen LogP contribution in [0.5, 0.6) is 11.5 Å². The number of fused-ring (bicyclic) bond motifs is 14. The van der Waals surface area contributed by atoms with Crippen molar-refractivity contribution in [3.05, 3.63) is 167 Å². The molecule has 8 aliphatic heterocycles. The minimum Gasteiger partial charge on any atom is -0.488 e. The van der Waals surface area contributed by atoms with Crippen molar-refractivity contribution >= 4 is 121 Å². The Balaban J connectivity index is 0.000000197. The standard InChI is InChI=1S/C50H57N7O8.C48H54N6O7.C7H11NO4.2H2/c1-26(2)44(54-49(60)63-6)47(58)56-16-8-9-41(56)46-52-38-15-11-30(20-39(38)53-46)29-10-13-33-32(18-29)25-65-43-22-34-31(19-36(33)43)12-14-37-35(34)21-40(51-37)42-17-28(24-62-5)23-57(42)48(59)45(27(3)4)55-50(61)64-7;1-26(2)43(52-46(56)59-7)45(55)53-16-8-9-40(53)44-50-37-15-11-29(20-38(37)51-44)28-10-13-32-31(18-28)25-60-42-22-33-30(19-35(32)42)12-14-36-34(33)21-39(49-36)41-17-27(24-58-6)23-54(41)47(57)61-48(3,4)5;1-4(2)5(6(9)10)8-7(11)12-3;;/h10-15,18-20,22,26-28,41-42,44-45H,8-9,16-17,21,23-25H2,1-7H3,(H,52,53)(H,54,60)(H,55,61);10-15,18-20,22,26-27,40-41,43H,8-9,16-17,21,23-25H2,1-7H3,(H,50,51)(H,52,56);5H,1H2,2-3H3,(H,8,11)(H,9,10);2*1H/t28-,41-,42-,44-,45-;27-,40-,41-,43-;5-;;/m000../s1. The van der Waals surface area contributed by atoms with Gasteiger partial charge in [-0.3, -0.25) is 29.3 Å². The van der Waals surface area contributed by atoms with E-state index in [1.165, 1.54) is 28.3 Å². The van der Waals surface area contributed by atoms with Crippen LogP contribution in [-0.4, -0.2) is 234 Å². The van der Waals surface area contributed by atoms with E-state index in [4.69, 9.17) is 63.0 Å². The second-order valence-electron chi connectivity index (χ2n) is 38.8. The number of alkyl carbamates (subject to hydrolysis) is 4. The van der Waals surface area contributed by atoms with Gasteiger partial charge in [0.05, 0.1) is 99.3 Å². The van der Waals surface area contributed by atoms with Crippen LogP contribution in [0.2, 0.25) is 0 Å². The van der Waals surface area contributed by atoms with Crippen LogP contribution in [0.4, 0.5) is 35.3 Å². The number of methoxy groups -OCH3 is 6. The average molecular weight is 1890 g/mol. The zero-order chi connectivity index (χ0) is 98.1. The molecule has 33 nitrogen and oxygen atoms in total. The van der Waals surface area contributed by atoms with E-state index in [1.54, 1.807) is 14.2 Å². The second-order valence-corrected chi connectivity index (χ2v) is 38.8. The number of amides is 8. The second kappa shape index (κ2) is 40.8. The lowest BCUT2D eigenvalue weighted by molar-refractivity contribution is -0.138. The fourth-order valence-corrected chi connectivity index (χ4v) is 20.3. The number of rotatable bonds is 22. The number of aliphatic imine (C=N–C) groups is 2. The van der Waals surface area contributed by atoms with Crippen molar-refractivity contribution in [3.63, 3.8) is 0 Å². The number of carboxylic acids is 1. The number of ether oxygens (including phenoxy) is 9. The third-order valence-electron chi connectivity index (χ3n) is 27.2. The van der Waals surface area contributed by atoms with Crippen LogP contribution in [0.15, 0.2) is 143 Å². The summed E-state index contributed by atoms with van der Waals surface area (Å²) in [6.45, 7) is 26.3. The Kier molecular flexibility index (Phi) is 28.7. The molecule has 8 aliphatic rings. The van der Waals surface area contributed by atoms with Gasteiger partial charge in [-0.05, 0) is 240 Å². The van der Waals surface area contributed by atoms with Crippen molar-refractivity contribution in [2.24, 2.45) is 39.6 Å². The number of nitrogens with zero attached hydrogens (tertiary/aromatic N) is 8.